The molecule has 2 aromatic rings. The fourth-order valence-electron chi connectivity index (χ4n) is 3.08. The Bertz CT molecular complexity index is 655. The van der Waals surface area contributed by atoms with Crippen LogP contribution in [0.4, 0.5) is 0 Å². The molecule has 21 heavy (non-hydrogen) atoms. The summed E-state index contributed by atoms with van der Waals surface area (Å²) >= 11 is 1.51. The van der Waals surface area contributed by atoms with Crippen molar-refractivity contribution in [2.24, 2.45) is 0 Å². The summed E-state index contributed by atoms with van der Waals surface area (Å²) in [6, 6.07) is 0.691. The van der Waals surface area contributed by atoms with Gasteiger partial charge in [-0.1, -0.05) is 19.3 Å². The van der Waals surface area contributed by atoms with Gasteiger partial charge < -0.3 is 5.32 Å². The summed E-state index contributed by atoms with van der Waals surface area (Å²) in [6.45, 7) is 3.74. The van der Waals surface area contributed by atoms with Crippen LogP contribution in [-0.2, 0) is 6.54 Å². The summed E-state index contributed by atoms with van der Waals surface area (Å²) in [5, 5.41) is 5.63. The van der Waals surface area contributed by atoms with Crippen molar-refractivity contribution in [2.45, 2.75) is 58.0 Å². The zero-order valence-electron chi connectivity index (χ0n) is 12.6. The first-order valence-corrected chi connectivity index (χ1v) is 8.80. The topological polar surface area (TPSA) is 46.9 Å². The van der Waals surface area contributed by atoms with E-state index in [1.807, 2.05) is 12.3 Å². The summed E-state index contributed by atoms with van der Waals surface area (Å²) in [6.07, 6.45) is 9.40. The molecule has 1 aliphatic rings. The van der Waals surface area contributed by atoms with Crippen molar-refractivity contribution in [2.75, 3.05) is 6.54 Å². The summed E-state index contributed by atoms with van der Waals surface area (Å²) in [5.41, 5.74) is 2.07. The van der Waals surface area contributed by atoms with Crippen LogP contribution in [0.3, 0.4) is 0 Å². The lowest BCUT2D eigenvalue weighted by Crippen LogP contribution is -2.32. The molecule has 2 heterocycles. The van der Waals surface area contributed by atoms with Crippen LogP contribution in [0.5, 0.6) is 0 Å². The van der Waals surface area contributed by atoms with Gasteiger partial charge in [-0.3, -0.25) is 9.36 Å². The molecule has 0 unspecified atom stereocenters. The van der Waals surface area contributed by atoms with E-state index in [2.05, 4.69) is 10.3 Å². The van der Waals surface area contributed by atoms with E-state index >= 15 is 0 Å². The third-order valence-electron chi connectivity index (χ3n) is 4.34. The van der Waals surface area contributed by atoms with E-state index in [-0.39, 0.29) is 5.56 Å². The van der Waals surface area contributed by atoms with Gasteiger partial charge in [0.2, 0.25) is 0 Å². The third-order valence-corrected chi connectivity index (χ3v) is 5.41. The quantitative estimate of drug-likeness (QED) is 0.864. The Morgan fingerprint density at radius 1 is 1.38 bits per heavy atom. The molecule has 0 atom stereocenters. The smallest absolute Gasteiger partial charge is 0.271 e. The molecule has 0 aromatic carbocycles. The molecule has 4 nitrogen and oxygen atoms in total. The maximum Gasteiger partial charge on any atom is 0.271 e. The van der Waals surface area contributed by atoms with Gasteiger partial charge in [0, 0.05) is 12.6 Å². The molecular formula is C16H23N3OS. The van der Waals surface area contributed by atoms with E-state index in [9.17, 15) is 4.79 Å². The molecule has 0 aliphatic heterocycles. The fourth-order valence-corrected chi connectivity index (χ4v) is 4.03. The standard InChI is InChI=1S/C16H23N3OS/c1-12-10-21-15-14(12)18-11-19(16(15)20)9-5-8-17-13-6-3-2-4-7-13/h10-11,13,17H,2-9H2,1H3. The minimum Gasteiger partial charge on any atom is -0.314 e. The Kier molecular flexibility index (Phi) is 4.70. The van der Waals surface area contributed by atoms with Crippen LogP contribution in [0.25, 0.3) is 10.2 Å². The molecule has 0 saturated heterocycles. The number of rotatable bonds is 5. The summed E-state index contributed by atoms with van der Waals surface area (Å²) in [4.78, 5) is 16.8. The van der Waals surface area contributed by atoms with Gasteiger partial charge in [0.25, 0.3) is 5.56 Å². The van der Waals surface area contributed by atoms with Crippen molar-refractivity contribution in [3.8, 4) is 0 Å². The molecule has 0 bridgehead atoms. The van der Waals surface area contributed by atoms with Gasteiger partial charge in [0.05, 0.1) is 11.8 Å². The lowest BCUT2D eigenvalue weighted by Gasteiger charge is -2.22. The van der Waals surface area contributed by atoms with Crippen molar-refractivity contribution in [3.63, 3.8) is 0 Å². The Labute approximate surface area is 129 Å². The van der Waals surface area contributed by atoms with Crippen molar-refractivity contribution in [3.05, 3.63) is 27.6 Å². The normalized spacial score (nSPS) is 16.6. The van der Waals surface area contributed by atoms with E-state index in [4.69, 9.17) is 0 Å². The van der Waals surface area contributed by atoms with Crippen LogP contribution >= 0.6 is 11.3 Å². The molecule has 0 amide bonds. The van der Waals surface area contributed by atoms with Crippen molar-refractivity contribution >= 4 is 21.6 Å². The second kappa shape index (κ2) is 6.71. The summed E-state index contributed by atoms with van der Waals surface area (Å²) in [5.74, 6) is 0. The fraction of sp³-hybridized carbons (Fsp3) is 0.625. The number of thiophene rings is 1. The lowest BCUT2D eigenvalue weighted by molar-refractivity contribution is 0.368. The van der Waals surface area contributed by atoms with Crippen LogP contribution < -0.4 is 10.9 Å². The van der Waals surface area contributed by atoms with E-state index in [1.54, 1.807) is 10.9 Å². The SMILES string of the molecule is Cc1csc2c(=O)n(CCCNC3CCCCC3)cnc12. The van der Waals surface area contributed by atoms with Crippen molar-refractivity contribution < 1.29 is 0 Å². The molecule has 1 N–H and O–H groups in total. The van der Waals surface area contributed by atoms with E-state index in [0.717, 1.165) is 35.3 Å². The average molecular weight is 305 g/mol. The number of nitrogens with one attached hydrogen (secondary N) is 1. The van der Waals surface area contributed by atoms with Gasteiger partial charge in [0.1, 0.15) is 4.70 Å². The number of aromatic nitrogens is 2. The summed E-state index contributed by atoms with van der Waals surface area (Å²) in [7, 11) is 0. The van der Waals surface area contributed by atoms with Gasteiger partial charge >= 0.3 is 0 Å². The molecule has 5 heteroatoms. The maximum atomic E-state index is 12.4. The molecule has 1 aliphatic carbocycles. The zero-order valence-corrected chi connectivity index (χ0v) is 13.4. The zero-order chi connectivity index (χ0) is 14.7. The number of nitrogens with zero attached hydrogens (tertiary/aromatic N) is 2. The molecule has 0 radical (unpaired) electrons. The molecule has 1 saturated carbocycles. The van der Waals surface area contributed by atoms with Crippen LogP contribution in [-0.4, -0.2) is 22.1 Å². The second-order valence-electron chi connectivity index (χ2n) is 5.98. The van der Waals surface area contributed by atoms with Gasteiger partial charge in [-0.15, -0.1) is 11.3 Å². The van der Waals surface area contributed by atoms with Crippen LogP contribution in [0.2, 0.25) is 0 Å². The van der Waals surface area contributed by atoms with E-state index in [0.29, 0.717) is 6.04 Å². The molecule has 0 spiro atoms. The van der Waals surface area contributed by atoms with Gasteiger partial charge in [-0.05, 0) is 43.7 Å². The first-order valence-electron chi connectivity index (χ1n) is 7.92. The Hall–Kier alpha value is -1.20. The number of hydrogen-bond acceptors (Lipinski definition) is 4. The lowest BCUT2D eigenvalue weighted by atomic mass is 9.95. The molecule has 2 aromatic heterocycles. The Morgan fingerprint density at radius 2 is 2.19 bits per heavy atom. The predicted octanol–water partition coefficient (Wildman–Crippen LogP) is 3.08. The van der Waals surface area contributed by atoms with Crippen molar-refractivity contribution in [1.29, 1.82) is 0 Å². The number of aryl methyl sites for hydroxylation is 2. The first-order chi connectivity index (χ1) is 10.3. The third kappa shape index (κ3) is 3.35. The minimum absolute atomic E-state index is 0.107. The van der Waals surface area contributed by atoms with E-state index < -0.39 is 0 Å². The van der Waals surface area contributed by atoms with Crippen LogP contribution in [0.1, 0.15) is 44.1 Å². The van der Waals surface area contributed by atoms with Crippen molar-refractivity contribution in [1.82, 2.24) is 14.9 Å². The van der Waals surface area contributed by atoms with Crippen LogP contribution in [0, 0.1) is 6.92 Å². The average Bonchev–Trinajstić information content (AvgIpc) is 2.89. The van der Waals surface area contributed by atoms with Gasteiger partial charge in [-0.25, -0.2) is 4.98 Å². The minimum atomic E-state index is 0.107. The Morgan fingerprint density at radius 3 is 3.00 bits per heavy atom. The first kappa shape index (κ1) is 14.7. The van der Waals surface area contributed by atoms with E-state index in [1.165, 1.54) is 43.4 Å². The maximum absolute atomic E-state index is 12.4. The van der Waals surface area contributed by atoms with Gasteiger partial charge in [0.15, 0.2) is 0 Å². The highest BCUT2D eigenvalue weighted by Crippen LogP contribution is 2.19. The molecule has 1 fully saturated rings. The highest BCUT2D eigenvalue weighted by Gasteiger charge is 2.12. The second-order valence-corrected chi connectivity index (χ2v) is 6.86. The molecule has 3 rings (SSSR count). The number of fused-ring (bicyclic) bond motifs is 1. The monoisotopic (exact) mass is 305 g/mol. The highest BCUT2D eigenvalue weighted by molar-refractivity contribution is 7.17. The number of hydrogen-bond donors (Lipinski definition) is 1. The molecule has 114 valence electrons. The largest absolute Gasteiger partial charge is 0.314 e. The van der Waals surface area contributed by atoms with Crippen LogP contribution in [0.15, 0.2) is 16.5 Å². The Balaban J connectivity index is 1.55. The predicted molar refractivity (Wildman–Crippen MR) is 88.1 cm³/mol. The highest BCUT2D eigenvalue weighted by atomic mass is 32.1. The van der Waals surface area contributed by atoms with Gasteiger partial charge in [-0.2, -0.15) is 0 Å². The summed E-state index contributed by atoms with van der Waals surface area (Å²) < 4.78 is 2.54. The molecular weight excluding hydrogens is 282 g/mol.